The summed E-state index contributed by atoms with van der Waals surface area (Å²) in [4.78, 5) is 10.2. The molecule has 7 heteroatoms. The highest BCUT2D eigenvalue weighted by atomic mass is 19.1. The molecule has 0 aliphatic heterocycles. The number of hydrogen-bond donors (Lipinski definition) is 0. The van der Waals surface area contributed by atoms with Crippen molar-refractivity contribution in [1.82, 2.24) is 9.78 Å². The number of ether oxygens (including phenoxy) is 1. The van der Waals surface area contributed by atoms with E-state index in [0.717, 1.165) is 12.1 Å². The predicted molar refractivity (Wildman–Crippen MR) is 61.8 cm³/mol. The van der Waals surface area contributed by atoms with E-state index in [-0.39, 0.29) is 11.3 Å². The first kappa shape index (κ1) is 12.0. The summed E-state index contributed by atoms with van der Waals surface area (Å²) < 4.78 is 19.9. The molecule has 0 aliphatic rings. The van der Waals surface area contributed by atoms with E-state index in [1.807, 2.05) is 0 Å². The first-order valence-corrected chi connectivity index (χ1v) is 5.05. The molecule has 1 heterocycles. The summed E-state index contributed by atoms with van der Waals surface area (Å²) in [5.74, 6) is -0.705. The number of methoxy groups -OCH3 is 1. The molecular weight excluding hydrogens is 241 g/mol. The first-order chi connectivity index (χ1) is 8.52. The van der Waals surface area contributed by atoms with E-state index in [2.05, 4.69) is 5.10 Å². The van der Waals surface area contributed by atoms with Gasteiger partial charge in [0.15, 0.2) is 0 Å². The Hall–Kier alpha value is -2.44. The zero-order valence-electron chi connectivity index (χ0n) is 9.75. The molecule has 1 aromatic carbocycles. The van der Waals surface area contributed by atoms with Crippen LogP contribution >= 0.6 is 0 Å². The lowest BCUT2D eigenvalue weighted by atomic mass is 10.1. The van der Waals surface area contributed by atoms with Crippen LogP contribution in [0.4, 0.5) is 10.1 Å². The van der Waals surface area contributed by atoms with Gasteiger partial charge in [0.2, 0.25) is 5.75 Å². The van der Waals surface area contributed by atoms with Crippen molar-refractivity contribution >= 4 is 5.69 Å². The number of benzene rings is 1. The molecule has 0 saturated heterocycles. The van der Waals surface area contributed by atoms with Gasteiger partial charge in [-0.2, -0.15) is 5.10 Å². The Morgan fingerprint density at radius 3 is 2.72 bits per heavy atom. The second-order valence-corrected chi connectivity index (χ2v) is 3.64. The Kier molecular flexibility index (Phi) is 2.97. The molecule has 1 aromatic heterocycles. The van der Waals surface area contributed by atoms with Crippen molar-refractivity contribution in [3.63, 3.8) is 0 Å². The highest BCUT2D eigenvalue weighted by Crippen LogP contribution is 2.37. The van der Waals surface area contributed by atoms with Crippen LogP contribution in [-0.4, -0.2) is 21.8 Å². The molecule has 0 N–H and O–H groups in total. The van der Waals surface area contributed by atoms with Crippen LogP contribution in [0.3, 0.4) is 0 Å². The van der Waals surface area contributed by atoms with Crippen molar-refractivity contribution in [3.05, 3.63) is 40.3 Å². The van der Waals surface area contributed by atoms with E-state index >= 15 is 0 Å². The van der Waals surface area contributed by atoms with Gasteiger partial charge >= 0.3 is 5.69 Å². The topological polar surface area (TPSA) is 70.2 Å². The quantitative estimate of drug-likeness (QED) is 0.619. The van der Waals surface area contributed by atoms with Crippen molar-refractivity contribution in [2.75, 3.05) is 7.11 Å². The highest BCUT2D eigenvalue weighted by Gasteiger charge is 2.22. The monoisotopic (exact) mass is 251 g/mol. The smallest absolute Gasteiger partial charge is 0.314 e. The van der Waals surface area contributed by atoms with Crippen LogP contribution in [0.5, 0.6) is 5.75 Å². The van der Waals surface area contributed by atoms with E-state index in [9.17, 15) is 14.5 Å². The molecule has 0 saturated carbocycles. The predicted octanol–water partition coefficient (Wildman–Crippen LogP) is 2.14. The number of aryl methyl sites for hydroxylation is 1. The van der Waals surface area contributed by atoms with Crippen molar-refractivity contribution in [1.29, 1.82) is 0 Å². The lowest BCUT2D eigenvalue weighted by Gasteiger charge is -2.07. The van der Waals surface area contributed by atoms with Gasteiger partial charge in [-0.3, -0.25) is 14.8 Å². The fourth-order valence-corrected chi connectivity index (χ4v) is 1.68. The number of rotatable bonds is 3. The van der Waals surface area contributed by atoms with E-state index in [1.54, 1.807) is 19.3 Å². The molecule has 94 valence electrons. The molecule has 0 fully saturated rings. The highest BCUT2D eigenvalue weighted by molar-refractivity contribution is 5.73. The molecule has 0 atom stereocenters. The maximum Gasteiger partial charge on any atom is 0.314 e. The summed E-state index contributed by atoms with van der Waals surface area (Å²) >= 11 is 0. The van der Waals surface area contributed by atoms with Gasteiger partial charge in [0.05, 0.1) is 29.4 Å². The van der Waals surface area contributed by atoms with Crippen LogP contribution in [0, 0.1) is 15.9 Å². The summed E-state index contributed by atoms with van der Waals surface area (Å²) in [6, 6.07) is 3.61. The summed E-state index contributed by atoms with van der Waals surface area (Å²) in [5, 5.41) is 14.9. The minimum atomic E-state index is -0.705. The van der Waals surface area contributed by atoms with Crippen LogP contribution in [0.15, 0.2) is 24.4 Å². The first-order valence-electron chi connectivity index (χ1n) is 5.05. The van der Waals surface area contributed by atoms with Gasteiger partial charge in [-0.1, -0.05) is 0 Å². The molecule has 0 amide bonds. The third-order valence-corrected chi connectivity index (χ3v) is 2.42. The van der Waals surface area contributed by atoms with Crippen molar-refractivity contribution in [2.45, 2.75) is 0 Å². The Labute approximate surface area is 102 Å². The number of nitro benzene ring substituents is 1. The Bertz CT molecular complexity index is 610. The number of hydrogen-bond acceptors (Lipinski definition) is 4. The number of halogens is 1. The molecule has 0 aliphatic carbocycles. The number of nitrogens with zero attached hydrogens (tertiary/aromatic N) is 3. The van der Waals surface area contributed by atoms with E-state index in [0.29, 0.717) is 5.69 Å². The van der Waals surface area contributed by atoms with Crippen molar-refractivity contribution < 1.29 is 14.1 Å². The van der Waals surface area contributed by atoms with Gasteiger partial charge in [0.25, 0.3) is 0 Å². The normalized spacial score (nSPS) is 10.4. The van der Waals surface area contributed by atoms with Crippen molar-refractivity contribution in [3.8, 4) is 17.0 Å². The molecule has 0 radical (unpaired) electrons. The van der Waals surface area contributed by atoms with Crippen LogP contribution in [0.25, 0.3) is 11.3 Å². The average molecular weight is 251 g/mol. The maximum atomic E-state index is 13.4. The SMILES string of the molecule is COc1c(-c2ccn(C)n2)cc(F)cc1[N+](=O)[O-]. The van der Waals surface area contributed by atoms with E-state index < -0.39 is 16.4 Å². The molecular formula is C11H10FN3O3. The fraction of sp³-hybridized carbons (Fsp3) is 0.182. The van der Waals surface area contributed by atoms with Gasteiger partial charge in [0.1, 0.15) is 5.82 Å². The minimum absolute atomic E-state index is 0.0000926. The third-order valence-electron chi connectivity index (χ3n) is 2.42. The van der Waals surface area contributed by atoms with Crippen LogP contribution in [0.1, 0.15) is 0 Å². The van der Waals surface area contributed by atoms with Crippen LogP contribution < -0.4 is 4.74 Å². The van der Waals surface area contributed by atoms with E-state index in [1.165, 1.54) is 11.8 Å². The Balaban J connectivity index is 2.69. The molecule has 6 nitrogen and oxygen atoms in total. The Morgan fingerprint density at radius 2 is 2.22 bits per heavy atom. The molecule has 0 bridgehead atoms. The lowest BCUT2D eigenvalue weighted by Crippen LogP contribution is -1.98. The Morgan fingerprint density at radius 1 is 1.50 bits per heavy atom. The van der Waals surface area contributed by atoms with Gasteiger partial charge in [-0.25, -0.2) is 4.39 Å². The van der Waals surface area contributed by atoms with Crippen molar-refractivity contribution in [2.24, 2.45) is 7.05 Å². The third kappa shape index (κ3) is 2.02. The molecule has 2 aromatic rings. The summed E-state index contributed by atoms with van der Waals surface area (Å²) in [6.07, 6.45) is 1.66. The second kappa shape index (κ2) is 4.44. The fourth-order valence-electron chi connectivity index (χ4n) is 1.68. The summed E-state index contributed by atoms with van der Waals surface area (Å²) in [7, 11) is 3.00. The largest absolute Gasteiger partial charge is 0.490 e. The van der Waals surface area contributed by atoms with Gasteiger partial charge in [0, 0.05) is 13.2 Å². The molecule has 2 rings (SSSR count). The zero-order chi connectivity index (χ0) is 13.3. The van der Waals surface area contributed by atoms with Crippen LogP contribution in [0.2, 0.25) is 0 Å². The van der Waals surface area contributed by atoms with Gasteiger partial charge < -0.3 is 4.74 Å². The summed E-state index contributed by atoms with van der Waals surface area (Å²) in [5.41, 5.74) is 0.250. The van der Waals surface area contributed by atoms with E-state index in [4.69, 9.17) is 4.74 Å². The molecule has 0 spiro atoms. The number of nitro groups is 1. The van der Waals surface area contributed by atoms with Gasteiger partial charge in [-0.05, 0) is 12.1 Å². The molecule has 0 unspecified atom stereocenters. The van der Waals surface area contributed by atoms with Crippen LogP contribution in [-0.2, 0) is 7.05 Å². The standard InChI is InChI=1S/C11H10FN3O3/c1-14-4-3-9(13-14)8-5-7(12)6-10(15(16)17)11(8)18-2/h3-6H,1-2H3. The summed E-state index contributed by atoms with van der Waals surface area (Å²) in [6.45, 7) is 0. The lowest BCUT2D eigenvalue weighted by molar-refractivity contribution is -0.385. The molecule has 18 heavy (non-hydrogen) atoms. The second-order valence-electron chi connectivity index (χ2n) is 3.64. The maximum absolute atomic E-state index is 13.4. The van der Waals surface area contributed by atoms with Gasteiger partial charge in [-0.15, -0.1) is 0 Å². The average Bonchev–Trinajstić information content (AvgIpc) is 2.74. The minimum Gasteiger partial charge on any atom is -0.490 e. The number of aromatic nitrogens is 2. The zero-order valence-corrected chi connectivity index (χ0v) is 9.75.